The minimum Gasteiger partial charge on any atom is -0.462 e. The lowest BCUT2D eigenvalue weighted by Gasteiger charge is -2.44. The molecule has 0 amide bonds. The number of esters is 2. The number of hydrogen-bond acceptors (Lipinski definition) is 5. The van der Waals surface area contributed by atoms with Crippen LogP contribution in [0.5, 0.6) is 0 Å². The van der Waals surface area contributed by atoms with Gasteiger partial charge in [-0.25, -0.2) is 0 Å². The van der Waals surface area contributed by atoms with Crippen molar-refractivity contribution >= 4 is 11.9 Å². The third-order valence-corrected chi connectivity index (χ3v) is 7.96. The maximum atomic E-state index is 13.1. The van der Waals surface area contributed by atoms with Crippen molar-refractivity contribution in [2.45, 2.75) is 97.9 Å². The summed E-state index contributed by atoms with van der Waals surface area (Å²) in [5, 5.41) is 9.94. The van der Waals surface area contributed by atoms with E-state index >= 15 is 0 Å². The minimum atomic E-state index is -0.601. The Labute approximate surface area is 187 Å². The summed E-state index contributed by atoms with van der Waals surface area (Å²) < 4.78 is 11.7. The van der Waals surface area contributed by atoms with Crippen LogP contribution in [0.2, 0.25) is 0 Å². The summed E-state index contributed by atoms with van der Waals surface area (Å²) in [4.78, 5) is 24.8. The van der Waals surface area contributed by atoms with E-state index in [2.05, 4.69) is 32.1 Å². The molecule has 0 aromatic rings. The van der Waals surface area contributed by atoms with Gasteiger partial charge < -0.3 is 14.6 Å². The highest BCUT2D eigenvalue weighted by atomic mass is 16.6. The topological polar surface area (TPSA) is 72.8 Å². The fourth-order valence-electron chi connectivity index (χ4n) is 5.46. The van der Waals surface area contributed by atoms with Crippen molar-refractivity contribution in [2.24, 2.45) is 29.1 Å². The molecule has 2 aliphatic carbocycles. The Bertz CT molecular complexity index is 719. The first kappa shape index (κ1) is 24.0. The van der Waals surface area contributed by atoms with E-state index in [-0.39, 0.29) is 36.5 Å². The Morgan fingerprint density at radius 3 is 2.58 bits per heavy atom. The van der Waals surface area contributed by atoms with Gasteiger partial charge in [0, 0.05) is 12.3 Å². The highest BCUT2D eigenvalue weighted by Crippen LogP contribution is 2.46. The summed E-state index contributed by atoms with van der Waals surface area (Å²) in [6.07, 6.45) is 10.4. The lowest BCUT2D eigenvalue weighted by atomic mass is 9.65. The molecule has 3 rings (SSSR count). The number of ether oxygens (including phenoxy) is 2. The van der Waals surface area contributed by atoms with E-state index in [4.69, 9.17) is 9.47 Å². The Morgan fingerprint density at radius 1 is 1.23 bits per heavy atom. The van der Waals surface area contributed by atoms with Crippen LogP contribution in [0.3, 0.4) is 0 Å². The van der Waals surface area contributed by atoms with Crippen LogP contribution in [0.1, 0.15) is 79.6 Å². The number of cyclic esters (lactones) is 1. The Morgan fingerprint density at radius 2 is 1.94 bits per heavy atom. The number of fused-ring (bicyclic) bond motifs is 1. The number of hydrogen-bond donors (Lipinski definition) is 1. The minimum absolute atomic E-state index is 0.0822. The second-order valence-corrected chi connectivity index (χ2v) is 10.3. The maximum absolute atomic E-state index is 13.1. The van der Waals surface area contributed by atoms with E-state index < -0.39 is 11.5 Å². The van der Waals surface area contributed by atoms with Crippen molar-refractivity contribution < 1.29 is 24.2 Å². The first-order valence-corrected chi connectivity index (χ1v) is 12.1. The fourth-order valence-corrected chi connectivity index (χ4v) is 5.46. The van der Waals surface area contributed by atoms with Crippen molar-refractivity contribution in [3.8, 4) is 0 Å². The number of carbonyl (C=O) groups is 2. The molecule has 5 heteroatoms. The van der Waals surface area contributed by atoms with Gasteiger partial charge in [0.05, 0.1) is 17.9 Å². The first-order valence-electron chi connectivity index (χ1n) is 12.1. The molecule has 3 aliphatic rings. The molecule has 0 bridgehead atoms. The lowest BCUT2D eigenvalue weighted by Crippen LogP contribution is -2.43. The molecule has 0 aromatic heterocycles. The molecular formula is C26H40O5. The monoisotopic (exact) mass is 432 g/mol. The average Bonchev–Trinajstić information content (AvgIpc) is 2.71. The van der Waals surface area contributed by atoms with Gasteiger partial charge in [-0.2, -0.15) is 0 Å². The zero-order valence-electron chi connectivity index (χ0n) is 19.8. The van der Waals surface area contributed by atoms with Crippen LogP contribution in [-0.4, -0.2) is 35.4 Å². The van der Waals surface area contributed by atoms with Crippen LogP contribution in [0, 0.1) is 29.1 Å². The molecule has 0 unspecified atom stereocenters. The van der Waals surface area contributed by atoms with Crippen molar-refractivity contribution in [1.82, 2.24) is 0 Å². The van der Waals surface area contributed by atoms with Crippen molar-refractivity contribution in [2.75, 3.05) is 0 Å². The Balaban J connectivity index is 1.77. The first-order chi connectivity index (χ1) is 14.7. The van der Waals surface area contributed by atoms with Crippen molar-refractivity contribution in [3.63, 3.8) is 0 Å². The van der Waals surface area contributed by atoms with E-state index in [0.29, 0.717) is 24.2 Å². The highest BCUT2D eigenvalue weighted by Gasteiger charge is 2.43. The molecule has 174 valence electrons. The second-order valence-electron chi connectivity index (χ2n) is 10.3. The number of carbonyl (C=O) groups excluding carboxylic acids is 2. The molecule has 0 radical (unpaired) electrons. The highest BCUT2D eigenvalue weighted by molar-refractivity contribution is 5.76. The van der Waals surface area contributed by atoms with Gasteiger partial charge in [-0.15, -0.1) is 0 Å². The van der Waals surface area contributed by atoms with Crippen LogP contribution in [0.4, 0.5) is 0 Å². The third-order valence-electron chi connectivity index (χ3n) is 7.96. The largest absolute Gasteiger partial charge is 0.462 e. The number of aliphatic hydroxyl groups is 1. The summed E-state index contributed by atoms with van der Waals surface area (Å²) in [7, 11) is 0. The summed E-state index contributed by atoms with van der Waals surface area (Å²) >= 11 is 0. The normalized spacial score (nSPS) is 35.7. The van der Waals surface area contributed by atoms with E-state index in [0.717, 1.165) is 32.1 Å². The quantitative estimate of drug-likeness (QED) is 0.575. The molecule has 1 saturated heterocycles. The van der Waals surface area contributed by atoms with Crippen LogP contribution in [0.15, 0.2) is 23.8 Å². The molecule has 0 saturated carbocycles. The second kappa shape index (κ2) is 9.89. The zero-order chi connectivity index (χ0) is 22.8. The van der Waals surface area contributed by atoms with Gasteiger partial charge in [0.2, 0.25) is 0 Å². The van der Waals surface area contributed by atoms with Gasteiger partial charge in [-0.3, -0.25) is 9.59 Å². The molecule has 31 heavy (non-hydrogen) atoms. The molecule has 0 spiro atoms. The fraction of sp³-hybridized carbons (Fsp3) is 0.769. The Hall–Kier alpha value is -1.62. The smallest absolute Gasteiger partial charge is 0.312 e. The van der Waals surface area contributed by atoms with Crippen molar-refractivity contribution in [1.29, 1.82) is 0 Å². The number of rotatable bonds is 7. The van der Waals surface area contributed by atoms with Crippen LogP contribution in [0.25, 0.3) is 0 Å². The van der Waals surface area contributed by atoms with E-state index in [1.807, 2.05) is 20.8 Å². The molecule has 0 aromatic carbocycles. The average molecular weight is 433 g/mol. The molecule has 7 atom stereocenters. The van der Waals surface area contributed by atoms with E-state index in [1.165, 1.54) is 5.57 Å². The van der Waals surface area contributed by atoms with Gasteiger partial charge in [0.15, 0.2) is 0 Å². The standard InChI is InChI=1S/C26H40O5/c1-6-26(5,7-2)25(29)31-22-13-16(3)12-18-9-8-17(4)21(24(18)22)11-10-20-14-19(27)15-23(28)30-20/h8-9,12,16-17,19-22,24,27H,6-7,10-11,13-15H2,1-5H3/t16-,17-,19-,20-,21-,22+,24-/m1/s1. The maximum Gasteiger partial charge on any atom is 0.312 e. The summed E-state index contributed by atoms with van der Waals surface area (Å²) in [5.74, 6) is 0.812. The van der Waals surface area contributed by atoms with Gasteiger partial charge in [-0.05, 0) is 62.4 Å². The molecule has 1 N–H and O–H groups in total. The molecule has 1 heterocycles. The zero-order valence-corrected chi connectivity index (χ0v) is 19.8. The predicted octanol–water partition coefficient (Wildman–Crippen LogP) is 4.98. The number of aliphatic hydroxyl groups excluding tert-OH is 1. The lowest BCUT2D eigenvalue weighted by molar-refractivity contribution is -0.167. The van der Waals surface area contributed by atoms with Gasteiger partial charge >= 0.3 is 11.9 Å². The predicted molar refractivity (Wildman–Crippen MR) is 120 cm³/mol. The van der Waals surface area contributed by atoms with Gasteiger partial charge in [-0.1, -0.05) is 45.9 Å². The van der Waals surface area contributed by atoms with Crippen LogP contribution >= 0.6 is 0 Å². The summed E-state index contributed by atoms with van der Waals surface area (Å²) in [5.41, 5.74) is 0.831. The molecule has 1 aliphatic heterocycles. The molecular weight excluding hydrogens is 392 g/mol. The van der Waals surface area contributed by atoms with Gasteiger partial charge in [0.1, 0.15) is 12.2 Å². The van der Waals surface area contributed by atoms with Crippen LogP contribution < -0.4 is 0 Å². The van der Waals surface area contributed by atoms with Crippen LogP contribution in [-0.2, 0) is 19.1 Å². The van der Waals surface area contributed by atoms with E-state index in [9.17, 15) is 14.7 Å². The van der Waals surface area contributed by atoms with Gasteiger partial charge in [0.25, 0.3) is 0 Å². The molecule has 5 nitrogen and oxygen atoms in total. The van der Waals surface area contributed by atoms with E-state index in [1.54, 1.807) is 0 Å². The summed E-state index contributed by atoms with van der Waals surface area (Å²) in [6.45, 7) is 10.5. The Kier molecular flexibility index (Phi) is 7.67. The summed E-state index contributed by atoms with van der Waals surface area (Å²) in [6, 6.07) is 0. The van der Waals surface area contributed by atoms with Crippen molar-refractivity contribution in [3.05, 3.63) is 23.8 Å². The molecule has 1 fully saturated rings. The third kappa shape index (κ3) is 5.42. The SMILES string of the molecule is CCC(C)(CC)C(=O)O[C@H]1C[C@H](C)C=C2C=C[C@@H](C)[C@@H](CC[C@@H]3C[C@@H](O)CC(=O)O3)[C@@H]21. The number of allylic oxidation sites excluding steroid dienone is 3.